The average Bonchev–Trinajstić information content (AvgIpc) is 2.86. The van der Waals surface area contributed by atoms with Crippen molar-refractivity contribution in [3.05, 3.63) is 35.1 Å². The van der Waals surface area contributed by atoms with E-state index in [4.69, 9.17) is 16.3 Å². The maximum Gasteiger partial charge on any atom is 0.267 e. The zero-order valence-corrected chi connectivity index (χ0v) is 11.2. The molecule has 2 aromatic rings. The van der Waals surface area contributed by atoms with Crippen molar-refractivity contribution in [1.82, 2.24) is 15.2 Å². The van der Waals surface area contributed by atoms with Gasteiger partial charge in [0.15, 0.2) is 6.10 Å². The minimum Gasteiger partial charge on any atom is -0.481 e. The van der Waals surface area contributed by atoms with E-state index in [0.29, 0.717) is 10.8 Å². The highest BCUT2D eigenvalue weighted by atomic mass is 35.5. The van der Waals surface area contributed by atoms with E-state index in [2.05, 4.69) is 20.5 Å². The number of aryl methyl sites for hydroxylation is 1. The second kappa shape index (κ2) is 5.71. The number of halogens is 1. The van der Waals surface area contributed by atoms with Crippen molar-refractivity contribution in [3.8, 4) is 5.75 Å². The number of ether oxygens (including phenoxy) is 1. The molecule has 1 heterocycles. The highest BCUT2D eigenvalue weighted by molar-refractivity contribution is 6.31. The molecule has 6 nitrogen and oxygen atoms in total. The molecule has 0 saturated carbocycles. The summed E-state index contributed by atoms with van der Waals surface area (Å²) < 4.78 is 5.53. The van der Waals surface area contributed by atoms with Gasteiger partial charge in [0.05, 0.1) is 0 Å². The van der Waals surface area contributed by atoms with Crippen LogP contribution in [0.1, 0.15) is 12.5 Å². The van der Waals surface area contributed by atoms with E-state index in [1.807, 2.05) is 6.92 Å². The number of carbonyl (C=O) groups excluding carboxylic acids is 1. The van der Waals surface area contributed by atoms with Crippen LogP contribution < -0.4 is 10.1 Å². The lowest BCUT2D eigenvalue weighted by atomic mass is 10.2. The lowest BCUT2D eigenvalue weighted by molar-refractivity contribution is -0.122. The molecule has 0 saturated heterocycles. The number of nitrogens with zero attached hydrogens (tertiary/aromatic N) is 2. The van der Waals surface area contributed by atoms with Crippen molar-refractivity contribution in [2.24, 2.45) is 0 Å². The molecule has 2 N–H and O–H groups in total. The van der Waals surface area contributed by atoms with Crippen LogP contribution in [-0.4, -0.2) is 27.2 Å². The number of benzene rings is 1. The van der Waals surface area contributed by atoms with Crippen LogP contribution in [-0.2, 0) is 4.79 Å². The van der Waals surface area contributed by atoms with Crippen LogP contribution in [0.3, 0.4) is 0 Å². The summed E-state index contributed by atoms with van der Waals surface area (Å²) in [5.74, 6) is 0.555. The van der Waals surface area contributed by atoms with E-state index in [0.717, 1.165) is 5.56 Å². The first-order valence-corrected chi connectivity index (χ1v) is 6.03. The van der Waals surface area contributed by atoms with Crippen LogP contribution in [0.25, 0.3) is 0 Å². The Morgan fingerprint density at radius 2 is 2.32 bits per heavy atom. The van der Waals surface area contributed by atoms with Crippen molar-refractivity contribution < 1.29 is 9.53 Å². The zero-order valence-electron chi connectivity index (χ0n) is 10.5. The number of hydrogen-bond acceptors (Lipinski definition) is 4. The average molecular weight is 281 g/mol. The summed E-state index contributed by atoms with van der Waals surface area (Å²) in [4.78, 5) is 15.6. The number of aromatic amines is 1. The summed E-state index contributed by atoms with van der Waals surface area (Å²) in [5, 5.41) is 9.38. The van der Waals surface area contributed by atoms with Gasteiger partial charge in [-0.3, -0.25) is 10.1 Å². The monoisotopic (exact) mass is 280 g/mol. The van der Waals surface area contributed by atoms with Crippen LogP contribution >= 0.6 is 11.6 Å². The molecule has 0 aliphatic heterocycles. The molecule has 2 rings (SSSR count). The predicted molar refractivity (Wildman–Crippen MR) is 71.3 cm³/mol. The van der Waals surface area contributed by atoms with E-state index < -0.39 is 6.10 Å². The first-order valence-electron chi connectivity index (χ1n) is 5.65. The van der Waals surface area contributed by atoms with Crippen LogP contribution in [0.15, 0.2) is 24.5 Å². The minimum absolute atomic E-state index is 0.285. The van der Waals surface area contributed by atoms with Crippen molar-refractivity contribution in [3.63, 3.8) is 0 Å². The molecule has 7 heteroatoms. The van der Waals surface area contributed by atoms with Gasteiger partial charge in [0.2, 0.25) is 5.95 Å². The van der Waals surface area contributed by atoms with Crippen molar-refractivity contribution in [2.75, 3.05) is 5.32 Å². The molecule has 0 spiro atoms. The Morgan fingerprint density at radius 3 is 2.95 bits per heavy atom. The number of amides is 1. The fourth-order valence-corrected chi connectivity index (χ4v) is 1.55. The van der Waals surface area contributed by atoms with E-state index in [1.54, 1.807) is 25.1 Å². The number of anilines is 1. The summed E-state index contributed by atoms with van der Waals surface area (Å²) in [7, 11) is 0. The van der Waals surface area contributed by atoms with Crippen molar-refractivity contribution >= 4 is 23.5 Å². The summed E-state index contributed by atoms with van der Waals surface area (Å²) in [6.45, 7) is 3.52. The summed E-state index contributed by atoms with van der Waals surface area (Å²) in [6, 6.07) is 5.22. The quantitative estimate of drug-likeness (QED) is 0.899. The minimum atomic E-state index is -0.661. The zero-order chi connectivity index (χ0) is 13.8. The maximum atomic E-state index is 11.8. The Labute approximate surface area is 115 Å². The second-order valence-electron chi connectivity index (χ2n) is 3.99. The summed E-state index contributed by atoms with van der Waals surface area (Å²) in [5.41, 5.74) is 0.891. The van der Waals surface area contributed by atoms with Gasteiger partial charge in [0.25, 0.3) is 5.91 Å². The summed E-state index contributed by atoms with van der Waals surface area (Å²) >= 11 is 5.92. The van der Waals surface area contributed by atoms with E-state index in [1.165, 1.54) is 6.33 Å². The molecule has 0 radical (unpaired) electrons. The molecule has 0 unspecified atom stereocenters. The molecule has 1 amide bonds. The Morgan fingerprint density at radius 1 is 1.53 bits per heavy atom. The normalized spacial score (nSPS) is 11.9. The van der Waals surface area contributed by atoms with Gasteiger partial charge >= 0.3 is 0 Å². The molecular weight excluding hydrogens is 268 g/mol. The predicted octanol–water partition coefficient (Wildman–Crippen LogP) is 2.17. The molecule has 1 aromatic heterocycles. The first kappa shape index (κ1) is 13.4. The highest BCUT2D eigenvalue weighted by Gasteiger charge is 2.16. The number of nitrogens with one attached hydrogen (secondary N) is 2. The van der Waals surface area contributed by atoms with Gasteiger partial charge in [-0.2, -0.15) is 10.1 Å². The number of H-pyrrole nitrogens is 1. The number of rotatable bonds is 4. The van der Waals surface area contributed by atoms with Crippen molar-refractivity contribution in [1.29, 1.82) is 0 Å². The molecular formula is C12H13ClN4O2. The van der Waals surface area contributed by atoms with Gasteiger partial charge in [0.1, 0.15) is 12.1 Å². The van der Waals surface area contributed by atoms with E-state index >= 15 is 0 Å². The standard InChI is InChI=1S/C12H13ClN4O2/c1-7-5-9(3-4-10(7)13)19-8(2)11(18)16-12-14-6-15-17-12/h3-6,8H,1-2H3,(H2,14,15,16,17,18)/t8-/m1/s1. The first-order chi connectivity index (χ1) is 9.06. The van der Waals surface area contributed by atoms with E-state index in [9.17, 15) is 4.79 Å². The van der Waals surface area contributed by atoms with Crippen molar-refractivity contribution in [2.45, 2.75) is 20.0 Å². The van der Waals surface area contributed by atoms with Gasteiger partial charge in [-0.1, -0.05) is 11.6 Å². The molecule has 0 aliphatic rings. The van der Waals surface area contributed by atoms with Crippen LogP contribution in [0.4, 0.5) is 5.95 Å². The molecule has 0 aliphatic carbocycles. The van der Waals surface area contributed by atoms with Crippen LogP contribution in [0.5, 0.6) is 5.75 Å². The maximum absolute atomic E-state index is 11.8. The lowest BCUT2D eigenvalue weighted by Crippen LogP contribution is -2.30. The van der Waals surface area contributed by atoms with Crippen LogP contribution in [0, 0.1) is 6.92 Å². The largest absolute Gasteiger partial charge is 0.481 e. The third kappa shape index (κ3) is 3.45. The smallest absolute Gasteiger partial charge is 0.267 e. The SMILES string of the molecule is Cc1cc(O[C@H](C)C(=O)Nc2ncn[nH]2)ccc1Cl. The van der Waals surface area contributed by atoms with Gasteiger partial charge in [-0.25, -0.2) is 5.10 Å². The highest BCUT2D eigenvalue weighted by Crippen LogP contribution is 2.21. The number of carbonyl (C=O) groups is 1. The third-order valence-electron chi connectivity index (χ3n) is 2.47. The number of hydrogen-bond donors (Lipinski definition) is 2. The molecule has 1 atom stereocenters. The summed E-state index contributed by atoms with van der Waals surface area (Å²) in [6.07, 6.45) is 0.648. The van der Waals surface area contributed by atoms with E-state index in [-0.39, 0.29) is 11.9 Å². The number of aromatic nitrogens is 3. The van der Waals surface area contributed by atoms with Gasteiger partial charge in [0, 0.05) is 5.02 Å². The topological polar surface area (TPSA) is 79.9 Å². The van der Waals surface area contributed by atoms with Gasteiger partial charge < -0.3 is 4.74 Å². The molecule has 0 fully saturated rings. The molecule has 100 valence electrons. The fourth-order valence-electron chi connectivity index (χ4n) is 1.43. The lowest BCUT2D eigenvalue weighted by Gasteiger charge is -2.14. The second-order valence-corrected chi connectivity index (χ2v) is 4.40. The van der Waals surface area contributed by atoms with Crippen LogP contribution in [0.2, 0.25) is 5.02 Å². The third-order valence-corrected chi connectivity index (χ3v) is 2.89. The van der Waals surface area contributed by atoms with Gasteiger partial charge in [-0.05, 0) is 37.6 Å². The molecule has 1 aromatic carbocycles. The molecule has 19 heavy (non-hydrogen) atoms. The Bertz CT molecular complexity index is 571. The Balaban J connectivity index is 1.98. The Hall–Kier alpha value is -2.08. The Kier molecular flexibility index (Phi) is 4.01. The molecule has 0 bridgehead atoms. The fraction of sp³-hybridized carbons (Fsp3) is 0.250. The van der Waals surface area contributed by atoms with Gasteiger partial charge in [-0.15, -0.1) is 0 Å².